The average Bonchev–Trinajstić information content (AvgIpc) is 3.47. The maximum absolute atomic E-state index is 12.9. The van der Waals surface area contributed by atoms with Crippen LogP contribution in [0.3, 0.4) is 0 Å². The van der Waals surface area contributed by atoms with Gasteiger partial charge in [0, 0.05) is 26.1 Å². The van der Waals surface area contributed by atoms with E-state index in [1.165, 1.54) is 0 Å². The Labute approximate surface area is 149 Å². The van der Waals surface area contributed by atoms with Gasteiger partial charge in [-0.05, 0) is 38.2 Å². The zero-order valence-corrected chi connectivity index (χ0v) is 15.2. The molecule has 25 heavy (non-hydrogen) atoms. The summed E-state index contributed by atoms with van der Waals surface area (Å²) in [6.45, 7) is 3.71. The Hall–Kier alpha value is -1.88. The molecule has 1 aliphatic carbocycles. The van der Waals surface area contributed by atoms with E-state index in [9.17, 15) is 9.59 Å². The second-order valence-corrected chi connectivity index (χ2v) is 7.52. The highest BCUT2D eigenvalue weighted by Crippen LogP contribution is 2.32. The Bertz CT molecular complexity index is 615. The number of carbonyl (C=O) groups excluding carboxylic acids is 2. The van der Waals surface area contributed by atoms with Gasteiger partial charge >= 0.3 is 0 Å². The molecule has 0 radical (unpaired) electrons. The zero-order valence-electron chi connectivity index (χ0n) is 15.2. The Morgan fingerprint density at radius 3 is 2.56 bits per heavy atom. The summed E-state index contributed by atoms with van der Waals surface area (Å²) in [5.74, 6) is 0.318. The van der Waals surface area contributed by atoms with Crippen molar-refractivity contribution < 1.29 is 14.3 Å². The molecule has 136 valence electrons. The van der Waals surface area contributed by atoms with E-state index < -0.39 is 5.54 Å². The van der Waals surface area contributed by atoms with Crippen LogP contribution in [-0.4, -0.2) is 43.5 Å². The first-order chi connectivity index (χ1) is 12.0. The van der Waals surface area contributed by atoms with Gasteiger partial charge in [0.1, 0.15) is 0 Å². The van der Waals surface area contributed by atoms with E-state index in [2.05, 4.69) is 5.32 Å². The Balaban J connectivity index is 1.67. The Kier molecular flexibility index (Phi) is 5.42. The number of amides is 2. The molecule has 2 fully saturated rings. The van der Waals surface area contributed by atoms with Gasteiger partial charge in [-0.25, -0.2) is 0 Å². The lowest BCUT2D eigenvalue weighted by molar-refractivity contribution is -0.137. The third-order valence-corrected chi connectivity index (χ3v) is 5.27. The molecule has 1 aliphatic heterocycles. The van der Waals surface area contributed by atoms with Crippen LogP contribution in [0.25, 0.3) is 0 Å². The zero-order chi connectivity index (χ0) is 17.9. The number of benzene rings is 1. The minimum atomic E-state index is -0.574. The quantitative estimate of drug-likeness (QED) is 0.861. The standard InChI is InChI=1S/C20H28N2O3/c1-20(14-25-2,17-8-4-3-5-9-17)21-18(23)16-7-6-12-22(13-16)19(24)15-10-11-15/h3-5,8-9,15-16H,6-7,10-14H2,1-2H3,(H,21,23). The van der Waals surface area contributed by atoms with E-state index in [0.29, 0.717) is 13.2 Å². The molecule has 2 aliphatic rings. The lowest BCUT2D eigenvalue weighted by Gasteiger charge is -2.36. The molecule has 1 saturated heterocycles. The summed E-state index contributed by atoms with van der Waals surface area (Å²) in [4.78, 5) is 27.1. The first-order valence-corrected chi connectivity index (χ1v) is 9.19. The van der Waals surface area contributed by atoms with Gasteiger partial charge < -0.3 is 15.0 Å². The second-order valence-electron chi connectivity index (χ2n) is 7.52. The van der Waals surface area contributed by atoms with Crippen molar-refractivity contribution in [1.82, 2.24) is 10.2 Å². The van der Waals surface area contributed by atoms with E-state index in [1.807, 2.05) is 42.2 Å². The van der Waals surface area contributed by atoms with E-state index in [-0.39, 0.29) is 23.7 Å². The summed E-state index contributed by atoms with van der Waals surface area (Å²) in [6.07, 6.45) is 3.74. The molecule has 2 amide bonds. The minimum Gasteiger partial charge on any atom is -0.382 e. The fourth-order valence-electron chi connectivity index (χ4n) is 3.64. The number of likely N-dealkylation sites (tertiary alicyclic amines) is 1. The molecule has 0 spiro atoms. The van der Waals surface area contributed by atoms with Crippen LogP contribution in [0.15, 0.2) is 30.3 Å². The van der Waals surface area contributed by atoms with Crippen LogP contribution in [0.5, 0.6) is 0 Å². The van der Waals surface area contributed by atoms with E-state index in [0.717, 1.165) is 37.8 Å². The third kappa shape index (κ3) is 4.21. The predicted molar refractivity (Wildman–Crippen MR) is 95.8 cm³/mol. The first kappa shape index (κ1) is 17.9. The molecule has 5 nitrogen and oxygen atoms in total. The van der Waals surface area contributed by atoms with Gasteiger partial charge in [-0.2, -0.15) is 0 Å². The molecule has 2 unspecified atom stereocenters. The van der Waals surface area contributed by atoms with Crippen LogP contribution >= 0.6 is 0 Å². The summed E-state index contributed by atoms with van der Waals surface area (Å²) < 4.78 is 5.37. The van der Waals surface area contributed by atoms with Gasteiger partial charge in [0.25, 0.3) is 0 Å². The highest BCUT2D eigenvalue weighted by Gasteiger charge is 2.38. The van der Waals surface area contributed by atoms with E-state index in [1.54, 1.807) is 7.11 Å². The highest BCUT2D eigenvalue weighted by atomic mass is 16.5. The molecule has 1 heterocycles. The van der Waals surface area contributed by atoms with Crippen LogP contribution in [0.1, 0.15) is 38.2 Å². The van der Waals surface area contributed by atoms with Gasteiger partial charge in [0.05, 0.1) is 18.1 Å². The van der Waals surface area contributed by atoms with E-state index in [4.69, 9.17) is 4.74 Å². The van der Waals surface area contributed by atoms with Gasteiger partial charge in [0.15, 0.2) is 0 Å². The number of methoxy groups -OCH3 is 1. The topological polar surface area (TPSA) is 58.6 Å². The van der Waals surface area contributed by atoms with Crippen LogP contribution in [0.2, 0.25) is 0 Å². The first-order valence-electron chi connectivity index (χ1n) is 9.19. The fourth-order valence-corrected chi connectivity index (χ4v) is 3.64. The molecule has 1 aromatic rings. The predicted octanol–water partition coefficient (Wildman–Crippen LogP) is 2.31. The lowest BCUT2D eigenvalue weighted by Crippen LogP contribution is -2.52. The summed E-state index contributed by atoms with van der Waals surface area (Å²) in [5.41, 5.74) is 0.447. The van der Waals surface area contributed by atoms with Crippen molar-refractivity contribution in [3.05, 3.63) is 35.9 Å². The van der Waals surface area contributed by atoms with Gasteiger partial charge in [-0.1, -0.05) is 30.3 Å². The van der Waals surface area contributed by atoms with Crippen LogP contribution in [-0.2, 0) is 19.9 Å². The number of nitrogens with zero attached hydrogens (tertiary/aromatic N) is 1. The molecule has 1 saturated carbocycles. The molecule has 0 bridgehead atoms. The number of rotatable bonds is 6. The summed E-state index contributed by atoms with van der Waals surface area (Å²) in [6, 6.07) is 9.89. The van der Waals surface area contributed by atoms with Crippen LogP contribution < -0.4 is 5.32 Å². The molecule has 3 rings (SSSR count). The number of ether oxygens (including phenoxy) is 1. The molecule has 2 atom stereocenters. The molecule has 1 N–H and O–H groups in total. The van der Waals surface area contributed by atoms with Crippen molar-refractivity contribution in [1.29, 1.82) is 0 Å². The van der Waals surface area contributed by atoms with Crippen molar-refractivity contribution in [2.24, 2.45) is 11.8 Å². The smallest absolute Gasteiger partial charge is 0.225 e. The van der Waals surface area contributed by atoms with Gasteiger partial charge in [-0.3, -0.25) is 9.59 Å². The molecule has 5 heteroatoms. The fraction of sp³-hybridized carbons (Fsp3) is 0.600. The number of nitrogens with one attached hydrogen (secondary N) is 1. The van der Waals surface area contributed by atoms with Crippen LogP contribution in [0.4, 0.5) is 0 Å². The lowest BCUT2D eigenvalue weighted by atomic mass is 9.90. The average molecular weight is 344 g/mol. The van der Waals surface area contributed by atoms with Crippen molar-refractivity contribution in [2.75, 3.05) is 26.8 Å². The third-order valence-electron chi connectivity index (χ3n) is 5.27. The minimum absolute atomic E-state index is 0.0108. The normalized spacial score (nSPS) is 23.0. The largest absolute Gasteiger partial charge is 0.382 e. The molecular formula is C20H28N2O3. The SMILES string of the molecule is COCC(C)(NC(=O)C1CCCN(C(=O)C2CC2)C1)c1ccccc1. The Morgan fingerprint density at radius 2 is 1.92 bits per heavy atom. The Morgan fingerprint density at radius 1 is 1.20 bits per heavy atom. The second kappa shape index (κ2) is 7.56. The van der Waals surface area contributed by atoms with Gasteiger partial charge in [0.2, 0.25) is 11.8 Å². The number of hydrogen-bond donors (Lipinski definition) is 1. The van der Waals surface area contributed by atoms with Crippen LogP contribution in [0, 0.1) is 11.8 Å². The maximum Gasteiger partial charge on any atom is 0.225 e. The van der Waals surface area contributed by atoms with Crippen molar-refractivity contribution >= 4 is 11.8 Å². The number of piperidine rings is 1. The highest BCUT2D eigenvalue weighted by molar-refractivity contribution is 5.84. The van der Waals surface area contributed by atoms with Crippen molar-refractivity contribution in [3.8, 4) is 0 Å². The molecular weight excluding hydrogens is 316 g/mol. The monoisotopic (exact) mass is 344 g/mol. The van der Waals surface area contributed by atoms with Crippen molar-refractivity contribution in [2.45, 2.75) is 38.1 Å². The summed E-state index contributed by atoms with van der Waals surface area (Å²) in [7, 11) is 1.64. The molecule has 0 aromatic heterocycles. The maximum atomic E-state index is 12.9. The van der Waals surface area contributed by atoms with Crippen molar-refractivity contribution in [3.63, 3.8) is 0 Å². The number of carbonyl (C=O) groups is 2. The van der Waals surface area contributed by atoms with E-state index >= 15 is 0 Å². The summed E-state index contributed by atoms with van der Waals surface area (Å²) in [5, 5.41) is 3.18. The summed E-state index contributed by atoms with van der Waals surface area (Å²) >= 11 is 0. The molecule has 1 aromatic carbocycles. The van der Waals surface area contributed by atoms with Gasteiger partial charge in [-0.15, -0.1) is 0 Å². The number of hydrogen-bond acceptors (Lipinski definition) is 3.